The lowest BCUT2D eigenvalue weighted by atomic mass is 10.2. The summed E-state index contributed by atoms with van der Waals surface area (Å²) in [6.07, 6.45) is 0. The van der Waals surface area contributed by atoms with Gasteiger partial charge in [-0.15, -0.1) is 0 Å². The summed E-state index contributed by atoms with van der Waals surface area (Å²) in [5.41, 5.74) is 8.57. The molecule has 1 aromatic heterocycles. The normalized spacial score (nSPS) is 10.6. The van der Waals surface area contributed by atoms with Gasteiger partial charge in [0.1, 0.15) is 10.8 Å². The van der Waals surface area contributed by atoms with Crippen molar-refractivity contribution < 1.29 is 5.11 Å². The molecule has 0 bridgehead atoms. The number of aryl methyl sites for hydroxylation is 2. The summed E-state index contributed by atoms with van der Waals surface area (Å²) >= 11 is 5.15. The molecule has 0 radical (unpaired) electrons. The highest BCUT2D eigenvalue weighted by molar-refractivity contribution is 7.80. The van der Waals surface area contributed by atoms with E-state index in [0.29, 0.717) is 18.1 Å². The maximum absolute atomic E-state index is 9.37. The van der Waals surface area contributed by atoms with Crippen molar-refractivity contribution in [2.45, 2.75) is 13.5 Å². The first kappa shape index (κ1) is 15.5. The van der Waals surface area contributed by atoms with Crippen LogP contribution in [0.4, 0.5) is 5.82 Å². The van der Waals surface area contributed by atoms with Crippen molar-refractivity contribution in [3.05, 3.63) is 47.2 Å². The van der Waals surface area contributed by atoms with E-state index >= 15 is 0 Å². The van der Waals surface area contributed by atoms with Crippen LogP contribution in [0.3, 0.4) is 0 Å². The molecule has 6 heteroatoms. The highest BCUT2D eigenvalue weighted by atomic mass is 32.1. The number of hydrogen-bond donors (Lipinski definition) is 2. The largest absolute Gasteiger partial charge is 0.395 e. The third kappa shape index (κ3) is 3.40. The molecule has 0 saturated heterocycles. The van der Waals surface area contributed by atoms with Crippen molar-refractivity contribution in [2.75, 3.05) is 18.1 Å². The van der Waals surface area contributed by atoms with Crippen LogP contribution in [0.5, 0.6) is 0 Å². The van der Waals surface area contributed by atoms with E-state index in [9.17, 15) is 5.11 Å². The molecule has 0 aliphatic carbocycles. The van der Waals surface area contributed by atoms with Gasteiger partial charge in [-0.05, 0) is 12.5 Å². The summed E-state index contributed by atoms with van der Waals surface area (Å²) in [6, 6.07) is 10.1. The van der Waals surface area contributed by atoms with Gasteiger partial charge in [0.2, 0.25) is 0 Å². The standard InChI is InChI=1S/C15H20N4OS/c1-11-13(14(16)21)15(18(2)17-11)19(8-9-20)10-12-6-4-3-5-7-12/h3-7,20H,8-10H2,1-2H3,(H2,16,21). The van der Waals surface area contributed by atoms with Crippen LogP contribution in [0.25, 0.3) is 0 Å². The molecule has 0 atom stereocenters. The fourth-order valence-corrected chi connectivity index (χ4v) is 2.72. The number of nitrogens with zero attached hydrogens (tertiary/aromatic N) is 3. The van der Waals surface area contributed by atoms with E-state index in [2.05, 4.69) is 5.10 Å². The molecule has 21 heavy (non-hydrogen) atoms. The van der Waals surface area contributed by atoms with Crippen LogP contribution < -0.4 is 10.6 Å². The topological polar surface area (TPSA) is 67.3 Å². The molecule has 0 fully saturated rings. The van der Waals surface area contributed by atoms with Crippen LogP contribution in [0, 0.1) is 6.92 Å². The number of aliphatic hydroxyl groups excluding tert-OH is 1. The third-order valence-electron chi connectivity index (χ3n) is 3.32. The molecule has 5 nitrogen and oxygen atoms in total. The van der Waals surface area contributed by atoms with Gasteiger partial charge < -0.3 is 15.7 Å². The van der Waals surface area contributed by atoms with Crippen molar-refractivity contribution in [1.29, 1.82) is 0 Å². The number of benzene rings is 1. The second-order valence-corrected chi connectivity index (χ2v) is 5.34. The van der Waals surface area contributed by atoms with Crippen molar-refractivity contribution in [2.24, 2.45) is 12.8 Å². The molecule has 2 rings (SSSR count). The Morgan fingerprint density at radius 2 is 2.05 bits per heavy atom. The highest BCUT2D eigenvalue weighted by Gasteiger charge is 2.21. The Kier molecular flexibility index (Phi) is 4.93. The molecule has 112 valence electrons. The van der Waals surface area contributed by atoms with Crippen LogP contribution in [0.1, 0.15) is 16.8 Å². The summed E-state index contributed by atoms with van der Waals surface area (Å²) in [6.45, 7) is 3.09. The molecular weight excluding hydrogens is 284 g/mol. The number of anilines is 1. The predicted molar refractivity (Wildman–Crippen MR) is 88.4 cm³/mol. The Balaban J connectivity index is 2.41. The van der Waals surface area contributed by atoms with Gasteiger partial charge >= 0.3 is 0 Å². The summed E-state index contributed by atoms with van der Waals surface area (Å²) < 4.78 is 1.77. The lowest BCUT2D eigenvalue weighted by Crippen LogP contribution is -2.30. The zero-order valence-electron chi connectivity index (χ0n) is 12.3. The van der Waals surface area contributed by atoms with Crippen molar-refractivity contribution in [3.63, 3.8) is 0 Å². The van der Waals surface area contributed by atoms with E-state index < -0.39 is 0 Å². The van der Waals surface area contributed by atoms with E-state index in [4.69, 9.17) is 18.0 Å². The minimum atomic E-state index is 0.0494. The molecule has 0 saturated carbocycles. The van der Waals surface area contributed by atoms with E-state index in [1.54, 1.807) is 4.68 Å². The number of rotatable bonds is 6. The Morgan fingerprint density at radius 1 is 1.38 bits per heavy atom. The highest BCUT2D eigenvalue weighted by Crippen LogP contribution is 2.24. The molecule has 1 aromatic carbocycles. The third-order valence-corrected chi connectivity index (χ3v) is 3.53. The number of hydrogen-bond acceptors (Lipinski definition) is 4. The average molecular weight is 304 g/mol. The zero-order valence-corrected chi connectivity index (χ0v) is 13.1. The lowest BCUT2D eigenvalue weighted by molar-refractivity contribution is 0.300. The van der Waals surface area contributed by atoms with Gasteiger partial charge in [-0.2, -0.15) is 5.10 Å². The average Bonchev–Trinajstić information content (AvgIpc) is 2.74. The first-order chi connectivity index (χ1) is 10.0. The quantitative estimate of drug-likeness (QED) is 0.789. The predicted octanol–water partition coefficient (Wildman–Crippen LogP) is 1.36. The van der Waals surface area contributed by atoms with Crippen molar-refractivity contribution in [3.8, 4) is 0 Å². The minimum absolute atomic E-state index is 0.0494. The fraction of sp³-hybridized carbons (Fsp3) is 0.333. The molecular formula is C15H20N4OS. The summed E-state index contributed by atoms with van der Waals surface area (Å²) in [7, 11) is 1.86. The number of thiocarbonyl (C=S) groups is 1. The molecule has 1 heterocycles. The van der Waals surface area contributed by atoms with Crippen LogP contribution in [-0.4, -0.2) is 33.0 Å². The van der Waals surface area contributed by atoms with Gasteiger partial charge in [-0.1, -0.05) is 42.5 Å². The van der Waals surface area contributed by atoms with Gasteiger partial charge in [-0.3, -0.25) is 4.68 Å². The number of aromatic nitrogens is 2. The zero-order chi connectivity index (χ0) is 15.4. The monoisotopic (exact) mass is 304 g/mol. The SMILES string of the molecule is Cc1nn(C)c(N(CCO)Cc2ccccc2)c1C(N)=S. The Labute approximate surface area is 130 Å². The van der Waals surface area contributed by atoms with Gasteiger partial charge in [-0.25, -0.2) is 0 Å². The van der Waals surface area contributed by atoms with Crippen LogP contribution in [0.15, 0.2) is 30.3 Å². The molecule has 0 amide bonds. The first-order valence-corrected chi connectivity index (χ1v) is 7.18. The number of nitrogens with two attached hydrogens (primary N) is 1. The van der Waals surface area contributed by atoms with E-state index in [-0.39, 0.29) is 6.61 Å². The molecule has 0 spiro atoms. The molecule has 0 unspecified atom stereocenters. The van der Waals surface area contributed by atoms with E-state index in [1.165, 1.54) is 0 Å². The van der Waals surface area contributed by atoms with Crippen molar-refractivity contribution >= 4 is 23.0 Å². The summed E-state index contributed by atoms with van der Waals surface area (Å²) in [5, 5.41) is 13.8. The van der Waals surface area contributed by atoms with Crippen LogP contribution in [0.2, 0.25) is 0 Å². The van der Waals surface area contributed by atoms with Crippen LogP contribution in [-0.2, 0) is 13.6 Å². The molecule has 0 aliphatic rings. The second-order valence-electron chi connectivity index (χ2n) is 4.90. The van der Waals surface area contributed by atoms with Crippen molar-refractivity contribution in [1.82, 2.24) is 9.78 Å². The fourth-order valence-electron chi connectivity index (χ4n) is 2.48. The van der Waals surface area contributed by atoms with Crippen LogP contribution >= 0.6 is 12.2 Å². The molecule has 2 aromatic rings. The maximum Gasteiger partial charge on any atom is 0.137 e. The summed E-state index contributed by atoms with van der Waals surface area (Å²) in [4.78, 5) is 2.37. The van der Waals surface area contributed by atoms with Gasteiger partial charge in [0.15, 0.2) is 0 Å². The second kappa shape index (κ2) is 6.69. The van der Waals surface area contributed by atoms with Gasteiger partial charge in [0, 0.05) is 20.1 Å². The molecule has 3 N–H and O–H groups in total. The number of aliphatic hydroxyl groups is 1. The smallest absolute Gasteiger partial charge is 0.137 e. The minimum Gasteiger partial charge on any atom is -0.395 e. The lowest BCUT2D eigenvalue weighted by Gasteiger charge is -2.25. The Morgan fingerprint density at radius 3 is 2.62 bits per heavy atom. The first-order valence-electron chi connectivity index (χ1n) is 6.77. The Bertz CT molecular complexity index is 624. The molecule has 0 aliphatic heterocycles. The maximum atomic E-state index is 9.37. The van der Waals surface area contributed by atoms with Gasteiger partial charge in [0.25, 0.3) is 0 Å². The summed E-state index contributed by atoms with van der Waals surface area (Å²) in [5.74, 6) is 0.845. The van der Waals surface area contributed by atoms with Gasteiger partial charge in [0.05, 0.1) is 17.9 Å². The van der Waals surface area contributed by atoms with E-state index in [1.807, 2.05) is 49.2 Å². The Hall–Kier alpha value is -1.92. The van der Waals surface area contributed by atoms with E-state index in [0.717, 1.165) is 22.6 Å².